The van der Waals surface area contributed by atoms with E-state index in [0.29, 0.717) is 12.6 Å². The van der Waals surface area contributed by atoms with Crippen molar-refractivity contribution in [1.29, 1.82) is 0 Å². The van der Waals surface area contributed by atoms with Crippen LogP contribution in [0, 0.1) is 0 Å². The molecule has 2 N–H and O–H groups in total. The Morgan fingerprint density at radius 1 is 1.47 bits per heavy atom. The van der Waals surface area contributed by atoms with Crippen molar-refractivity contribution in [1.82, 2.24) is 4.90 Å². The van der Waals surface area contributed by atoms with Gasteiger partial charge in [-0.25, -0.2) is 0 Å². The summed E-state index contributed by atoms with van der Waals surface area (Å²) in [4.78, 5) is 2.40. The molecule has 0 aromatic carbocycles. The second kappa shape index (κ2) is 7.20. The van der Waals surface area contributed by atoms with Gasteiger partial charge in [0.1, 0.15) is 0 Å². The number of hydrogen-bond acceptors (Lipinski definition) is 3. The van der Waals surface area contributed by atoms with E-state index >= 15 is 0 Å². The Morgan fingerprint density at radius 2 is 2.07 bits per heavy atom. The maximum Gasteiger partial charge on any atom is 0.0480 e. The fraction of sp³-hybridized carbons (Fsp3) is 1.00. The number of nitrogens with zero attached hydrogens (tertiary/aromatic N) is 1. The molecular formula is C12H28N2O. The standard InChI is InChI=1S/C12H28N2O/c1-6-7-11(2)14(4)12(3,10-13)8-9-15-5/h11H,6-10,13H2,1-5H3. The van der Waals surface area contributed by atoms with Crippen molar-refractivity contribution in [3.8, 4) is 0 Å². The number of rotatable bonds is 8. The molecule has 0 fully saturated rings. The van der Waals surface area contributed by atoms with E-state index in [2.05, 4.69) is 32.7 Å². The summed E-state index contributed by atoms with van der Waals surface area (Å²) in [5.41, 5.74) is 5.95. The summed E-state index contributed by atoms with van der Waals surface area (Å²) in [6.07, 6.45) is 3.43. The fourth-order valence-corrected chi connectivity index (χ4v) is 1.89. The molecule has 3 nitrogen and oxygen atoms in total. The number of ether oxygens (including phenoxy) is 1. The van der Waals surface area contributed by atoms with E-state index in [1.54, 1.807) is 7.11 Å². The van der Waals surface area contributed by atoms with Crippen LogP contribution in [0.4, 0.5) is 0 Å². The molecule has 92 valence electrons. The zero-order chi connectivity index (χ0) is 11.9. The minimum absolute atomic E-state index is 0.0601. The average molecular weight is 216 g/mol. The van der Waals surface area contributed by atoms with Crippen LogP contribution in [0.3, 0.4) is 0 Å². The summed E-state index contributed by atoms with van der Waals surface area (Å²) in [5, 5.41) is 0. The maximum absolute atomic E-state index is 5.89. The number of hydrogen-bond donors (Lipinski definition) is 1. The zero-order valence-corrected chi connectivity index (χ0v) is 11.0. The van der Waals surface area contributed by atoms with Crippen molar-refractivity contribution in [2.75, 3.05) is 27.3 Å². The van der Waals surface area contributed by atoms with Crippen LogP contribution < -0.4 is 5.73 Å². The van der Waals surface area contributed by atoms with Crippen LogP contribution in [0.1, 0.15) is 40.0 Å². The topological polar surface area (TPSA) is 38.5 Å². The Morgan fingerprint density at radius 3 is 2.47 bits per heavy atom. The second-order valence-corrected chi connectivity index (χ2v) is 4.69. The molecule has 0 amide bonds. The second-order valence-electron chi connectivity index (χ2n) is 4.69. The van der Waals surface area contributed by atoms with Gasteiger partial charge in [-0.05, 0) is 33.7 Å². The molecule has 0 aromatic rings. The highest BCUT2D eigenvalue weighted by Gasteiger charge is 2.29. The molecule has 0 rings (SSSR count). The molecule has 0 heterocycles. The highest BCUT2D eigenvalue weighted by molar-refractivity contribution is 4.88. The van der Waals surface area contributed by atoms with Gasteiger partial charge in [-0.3, -0.25) is 4.90 Å². The summed E-state index contributed by atoms with van der Waals surface area (Å²) in [7, 11) is 3.91. The molecule has 15 heavy (non-hydrogen) atoms. The van der Waals surface area contributed by atoms with Crippen LogP contribution in [-0.2, 0) is 4.74 Å². The monoisotopic (exact) mass is 216 g/mol. The van der Waals surface area contributed by atoms with Crippen molar-refractivity contribution >= 4 is 0 Å². The van der Waals surface area contributed by atoms with Gasteiger partial charge in [-0.1, -0.05) is 13.3 Å². The molecule has 0 bridgehead atoms. The summed E-state index contributed by atoms with van der Waals surface area (Å²) < 4.78 is 5.15. The largest absolute Gasteiger partial charge is 0.385 e. The molecular weight excluding hydrogens is 188 g/mol. The normalized spacial score (nSPS) is 17.8. The van der Waals surface area contributed by atoms with Gasteiger partial charge in [0.05, 0.1) is 0 Å². The van der Waals surface area contributed by atoms with Crippen molar-refractivity contribution in [3.05, 3.63) is 0 Å². The molecule has 0 aromatic heterocycles. The van der Waals surface area contributed by atoms with E-state index in [1.807, 2.05) is 0 Å². The third kappa shape index (κ3) is 4.49. The van der Waals surface area contributed by atoms with Crippen molar-refractivity contribution in [2.45, 2.75) is 51.6 Å². The Bertz CT molecular complexity index is 164. The first-order valence-corrected chi connectivity index (χ1v) is 5.93. The quantitative estimate of drug-likeness (QED) is 0.673. The predicted octanol–water partition coefficient (Wildman–Crippen LogP) is 1.86. The summed E-state index contributed by atoms with van der Waals surface area (Å²) >= 11 is 0. The summed E-state index contributed by atoms with van der Waals surface area (Å²) in [6.45, 7) is 8.17. The first-order chi connectivity index (χ1) is 7.01. The molecule has 0 radical (unpaired) electrons. The average Bonchev–Trinajstić information content (AvgIpc) is 2.25. The van der Waals surface area contributed by atoms with E-state index in [-0.39, 0.29) is 5.54 Å². The lowest BCUT2D eigenvalue weighted by atomic mass is 9.94. The first kappa shape index (κ1) is 14.9. The van der Waals surface area contributed by atoms with Crippen LogP contribution in [0.25, 0.3) is 0 Å². The van der Waals surface area contributed by atoms with Gasteiger partial charge < -0.3 is 10.5 Å². The molecule has 0 saturated heterocycles. The molecule has 3 heteroatoms. The van der Waals surface area contributed by atoms with E-state index in [4.69, 9.17) is 10.5 Å². The first-order valence-electron chi connectivity index (χ1n) is 5.93. The smallest absolute Gasteiger partial charge is 0.0480 e. The number of likely N-dealkylation sites (N-methyl/N-ethyl adjacent to an activating group) is 1. The SMILES string of the molecule is CCCC(C)N(C)C(C)(CN)CCOC. The lowest BCUT2D eigenvalue weighted by Gasteiger charge is -2.42. The highest BCUT2D eigenvalue weighted by atomic mass is 16.5. The van der Waals surface area contributed by atoms with Crippen LogP contribution in [0.15, 0.2) is 0 Å². The predicted molar refractivity (Wildman–Crippen MR) is 66.1 cm³/mol. The minimum atomic E-state index is 0.0601. The van der Waals surface area contributed by atoms with Crippen LogP contribution in [0.5, 0.6) is 0 Å². The van der Waals surface area contributed by atoms with Gasteiger partial charge in [0.2, 0.25) is 0 Å². The van der Waals surface area contributed by atoms with Crippen LogP contribution in [-0.4, -0.2) is 43.8 Å². The van der Waals surface area contributed by atoms with Crippen molar-refractivity contribution in [3.63, 3.8) is 0 Å². The molecule has 0 saturated carbocycles. The van der Waals surface area contributed by atoms with Gasteiger partial charge in [-0.2, -0.15) is 0 Å². The lowest BCUT2D eigenvalue weighted by Crippen LogP contribution is -2.53. The Balaban J connectivity index is 4.34. The molecule has 0 spiro atoms. The summed E-state index contributed by atoms with van der Waals surface area (Å²) in [5.74, 6) is 0. The van der Waals surface area contributed by atoms with Gasteiger partial charge >= 0.3 is 0 Å². The van der Waals surface area contributed by atoms with Crippen molar-refractivity contribution < 1.29 is 4.74 Å². The van der Waals surface area contributed by atoms with Gasteiger partial charge in [0.15, 0.2) is 0 Å². The van der Waals surface area contributed by atoms with Gasteiger partial charge in [0.25, 0.3) is 0 Å². The van der Waals surface area contributed by atoms with Gasteiger partial charge in [0, 0.05) is 31.8 Å². The minimum Gasteiger partial charge on any atom is -0.385 e. The molecule has 0 aliphatic rings. The molecule has 2 atom stereocenters. The molecule has 0 aliphatic carbocycles. The van der Waals surface area contributed by atoms with Crippen LogP contribution in [0.2, 0.25) is 0 Å². The number of nitrogens with two attached hydrogens (primary N) is 1. The van der Waals surface area contributed by atoms with Crippen molar-refractivity contribution in [2.24, 2.45) is 5.73 Å². The van der Waals surface area contributed by atoms with E-state index in [1.165, 1.54) is 12.8 Å². The lowest BCUT2D eigenvalue weighted by molar-refractivity contribution is 0.0589. The fourth-order valence-electron chi connectivity index (χ4n) is 1.89. The summed E-state index contributed by atoms with van der Waals surface area (Å²) in [6, 6.07) is 0.584. The van der Waals surface area contributed by atoms with E-state index < -0.39 is 0 Å². The zero-order valence-electron chi connectivity index (χ0n) is 11.0. The maximum atomic E-state index is 5.89. The highest BCUT2D eigenvalue weighted by Crippen LogP contribution is 2.21. The Labute approximate surface area is 95.0 Å². The molecule has 2 unspecified atom stereocenters. The Kier molecular flexibility index (Phi) is 7.14. The number of methoxy groups -OCH3 is 1. The van der Waals surface area contributed by atoms with Crippen LogP contribution >= 0.6 is 0 Å². The van der Waals surface area contributed by atoms with E-state index in [0.717, 1.165) is 13.0 Å². The third-order valence-corrected chi connectivity index (χ3v) is 3.50. The molecule has 0 aliphatic heterocycles. The third-order valence-electron chi connectivity index (χ3n) is 3.50. The Hall–Kier alpha value is -0.120. The van der Waals surface area contributed by atoms with Gasteiger partial charge in [-0.15, -0.1) is 0 Å². The van der Waals surface area contributed by atoms with E-state index in [9.17, 15) is 0 Å².